The second-order valence-electron chi connectivity index (χ2n) is 2.32. The van der Waals surface area contributed by atoms with Gasteiger partial charge < -0.3 is 9.84 Å². The van der Waals surface area contributed by atoms with Gasteiger partial charge in [-0.1, -0.05) is 27.8 Å². The number of hydrogen-bond donors (Lipinski definition) is 1. The molecular formula is C10H9BrO2. The van der Waals surface area contributed by atoms with Gasteiger partial charge in [-0.25, -0.2) is 0 Å². The van der Waals surface area contributed by atoms with Crippen molar-refractivity contribution in [2.75, 3.05) is 12.4 Å². The van der Waals surface area contributed by atoms with Gasteiger partial charge in [0.1, 0.15) is 11.5 Å². The van der Waals surface area contributed by atoms with Crippen LogP contribution in [-0.4, -0.2) is 17.5 Å². The first-order chi connectivity index (χ1) is 6.27. The number of hydrogen-bond acceptors (Lipinski definition) is 2. The summed E-state index contributed by atoms with van der Waals surface area (Å²) < 4.78 is 5.07. The van der Waals surface area contributed by atoms with Crippen molar-refractivity contribution in [3.8, 4) is 23.3 Å². The summed E-state index contributed by atoms with van der Waals surface area (Å²) in [5.41, 5.74) is 0.696. The molecule has 0 saturated heterocycles. The van der Waals surface area contributed by atoms with Gasteiger partial charge in [0.25, 0.3) is 0 Å². The molecular weight excluding hydrogens is 232 g/mol. The highest BCUT2D eigenvalue weighted by atomic mass is 79.9. The first-order valence-electron chi connectivity index (χ1n) is 3.69. The molecule has 0 amide bonds. The quantitative estimate of drug-likeness (QED) is 0.603. The summed E-state index contributed by atoms with van der Waals surface area (Å²) in [6, 6.07) is 4.83. The summed E-state index contributed by atoms with van der Waals surface area (Å²) >= 11 is 3.19. The van der Waals surface area contributed by atoms with Gasteiger partial charge >= 0.3 is 0 Å². The van der Waals surface area contributed by atoms with Gasteiger partial charge in [-0.3, -0.25) is 0 Å². The van der Waals surface area contributed by atoms with Crippen LogP contribution in [0.25, 0.3) is 0 Å². The predicted octanol–water partition coefficient (Wildman–Crippen LogP) is 2.15. The Bertz CT molecular complexity index is 350. The molecule has 0 aliphatic rings. The number of phenols is 1. The predicted molar refractivity (Wildman–Crippen MR) is 55.3 cm³/mol. The molecule has 0 spiro atoms. The summed E-state index contributed by atoms with van der Waals surface area (Å²) in [7, 11) is 1.58. The summed E-state index contributed by atoms with van der Waals surface area (Å²) in [5.74, 6) is 6.58. The minimum atomic E-state index is 0.194. The Balaban J connectivity index is 3.08. The summed E-state index contributed by atoms with van der Waals surface area (Å²) in [5, 5.41) is 9.80. The molecule has 0 aliphatic carbocycles. The van der Waals surface area contributed by atoms with E-state index >= 15 is 0 Å². The summed E-state index contributed by atoms with van der Waals surface area (Å²) in [6.07, 6.45) is 0. The van der Waals surface area contributed by atoms with Gasteiger partial charge in [0.15, 0.2) is 0 Å². The van der Waals surface area contributed by atoms with E-state index < -0.39 is 0 Å². The second-order valence-corrected chi connectivity index (χ2v) is 2.88. The van der Waals surface area contributed by atoms with E-state index in [-0.39, 0.29) is 5.75 Å². The molecule has 0 aromatic heterocycles. The molecule has 0 fully saturated rings. The molecule has 1 rings (SSSR count). The third-order valence-electron chi connectivity index (χ3n) is 1.47. The fourth-order valence-corrected chi connectivity index (χ4v) is 1.06. The maximum absolute atomic E-state index is 9.20. The van der Waals surface area contributed by atoms with E-state index in [2.05, 4.69) is 27.8 Å². The number of rotatable bonds is 1. The van der Waals surface area contributed by atoms with E-state index in [0.717, 1.165) is 0 Å². The van der Waals surface area contributed by atoms with Crippen molar-refractivity contribution >= 4 is 15.9 Å². The molecule has 68 valence electrons. The lowest BCUT2D eigenvalue weighted by molar-refractivity contribution is 0.411. The number of aromatic hydroxyl groups is 1. The summed E-state index contributed by atoms with van der Waals surface area (Å²) in [4.78, 5) is 0. The lowest BCUT2D eigenvalue weighted by Gasteiger charge is -2.02. The van der Waals surface area contributed by atoms with E-state index in [9.17, 15) is 5.11 Å². The van der Waals surface area contributed by atoms with Crippen LogP contribution in [0.4, 0.5) is 0 Å². The number of benzene rings is 1. The molecule has 1 N–H and O–H groups in total. The van der Waals surface area contributed by atoms with Crippen LogP contribution in [0.3, 0.4) is 0 Å². The number of ether oxygens (including phenoxy) is 1. The van der Waals surface area contributed by atoms with Gasteiger partial charge in [-0.2, -0.15) is 0 Å². The van der Waals surface area contributed by atoms with Crippen molar-refractivity contribution in [1.82, 2.24) is 0 Å². The van der Waals surface area contributed by atoms with Crippen molar-refractivity contribution < 1.29 is 9.84 Å². The Morgan fingerprint density at radius 3 is 2.92 bits per heavy atom. The Labute approximate surface area is 85.7 Å². The Hall–Kier alpha value is -1.14. The molecule has 3 heteroatoms. The van der Waals surface area contributed by atoms with Crippen molar-refractivity contribution in [2.24, 2.45) is 0 Å². The van der Waals surface area contributed by atoms with Crippen LogP contribution in [0.1, 0.15) is 5.56 Å². The van der Waals surface area contributed by atoms with Crippen LogP contribution in [0, 0.1) is 11.8 Å². The molecule has 1 aromatic rings. The number of methoxy groups -OCH3 is 1. The molecule has 13 heavy (non-hydrogen) atoms. The smallest absolute Gasteiger partial charge is 0.134 e. The lowest BCUT2D eigenvalue weighted by atomic mass is 10.2. The van der Waals surface area contributed by atoms with E-state index in [1.54, 1.807) is 25.3 Å². The molecule has 0 aliphatic heterocycles. The lowest BCUT2D eigenvalue weighted by Crippen LogP contribution is -1.86. The average Bonchev–Trinajstić information content (AvgIpc) is 2.15. The first-order valence-corrected chi connectivity index (χ1v) is 4.82. The van der Waals surface area contributed by atoms with Gasteiger partial charge in [0, 0.05) is 0 Å². The van der Waals surface area contributed by atoms with Crippen LogP contribution in [0.15, 0.2) is 18.2 Å². The number of alkyl halides is 1. The molecule has 2 nitrogen and oxygen atoms in total. The van der Waals surface area contributed by atoms with E-state index in [1.807, 2.05) is 0 Å². The zero-order valence-electron chi connectivity index (χ0n) is 7.17. The second kappa shape index (κ2) is 4.78. The van der Waals surface area contributed by atoms with Crippen LogP contribution in [0.2, 0.25) is 0 Å². The van der Waals surface area contributed by atoms with E-state index in [0.29, 0.717) is 16.6 Å². The van der Waals surface area contributed by atoms with Gasteiger partial charge in [-0.05, 0) is 18.2 Å². The molecule has 0 unspecified atom stereocenters. The maximum atomic E-state index is 9.20. The van der Waals surface area contributed by atoms with Gasteiger partial charge in [0.2, 0.25) is 0 Å². The van der Waals surface area contributed by atoms with Crippen LogP contribution >= 0.6 is 15.9 Å². The van der Waals surface area contributed by atoms with Gasteiger partial charge in [0.05, 0.1) is 18.0 Å². The first kappa shape index (κ1) is 9.94. The Kier molecular flexibility index (Phi) is 3.66. The average molecular weight is 241 g/mol. The minimum absolute atomic E-state index is 0.194. The summed E-state index contributed by atoms with van der Waals surface area (Å²) in [6.45, 7) is 0. The SMILES string of the molecule is COc1ccc(O)cc1C#CCBr. The Morgan fingerprint density at radius 2 is 2.31 bits per heavy atom. The van der Waals surface area contributed by atoms with E-state index in [4.69, 9.17) is 4.74 Å². The third kappa shape index (κ3) is 2.67. The normalized spacial score (nSPS) is 8.77. The van der Waals surface area contributed by atoms with Crippen LogP contribution in [-0.2, 0) is 0 Å². The fraction of sp³-hybridized carbons (Fsp3) is 0.200. The van der Waals surface area contributed by atoms with Gasteiger partial charge in [-0.15, -0.1) is 0 Å². The van der Waals surface area contributed by atoms with Crippen molar-refractivity contribution in [1.29, 1.82) is 0 Å². The standard InChI is InChI=1S/C10H9BrO2/c1-13-10-5-4-9(12)7-8(10)3-2-6-11/h4-5,7,12H,6H2,1H3. The topological polar surface area (TPSA) is 29.5 Å². The monoisotopic (exact) mass is 240 g/mol. The zero-order chi connectivity index (χ0) is 9.68. The molecule has 0 atom stereocenters. The maximum Gasteiger partial charge on any atom is 0.134 e. The third-order valence-corrected chi connectivity index (χ3v) is 1.75. The van der Waals surface area contributed by atoms with Crippen molar-refractivity contribution in [3.05, 3.63) is 23.8 Å². The number of phenolic OH excluding ortho intramolecular Hbond substituents is 1. The van der Waals surface area contributed by atoms with Crippen molar-refractivity contribution in [2.45, 2.75) is 0 Å². The Morgan fingerprint density at radius 1 is 1.54 bits per heavy atom. The zero-order valence-corrected chi connectivity index (χ0v) is 8.76. The molecule has 0 heterocycles. The van der Waals surface area contributed by atoms with Crippen molar-refractivity contribution in [3.63, 3.8) is 0 Å². The highest BCUT2D eigenvalue weighted by Crippen LogP contribution is 2.21. The fourth-order valence-electron chi connectivity index (χ4n) is 0.922. The van der Waals surface area contributed by atoms with Crippen LogP contribution in [0.5, 0.6) is 11.5 Å². The molecule has 0 radical (unpaired) electrons. The molecule has 0 saturated carbocycles. The minimum Gasteiger partial charge on any atom is -0.508 e. The largest absolute Gasteiger partial charge is 0.508 e. The highest BCUT2D eigenvalue weighted by Gasteiger charge is 1.99. The van der Waals surface area contributed by atoms with E-state index in [1.165, 1.54) is 0 Å². The molecule has 1 aromatic carbocycles. The van der Waals surface area contributed by atoms with Crippen LogP contribution < -0.4 is 4.74 Å². The highest BCUT2D eigenvalue weighted by molar-refractivity contribution is 9.09. The number of halogens is 1. The molecule has 0 bridgehead atoms.